The second kappa shape index (κ2) is 6.37. The largest absolute Gasteiger partial charge is 0.462 e. The minimum Gasteiger partial charge on any atom is -0.462 e. The first kappa shape index (κ1) is 14.3. The highest BCUT2D eigenvalue weighted by Crippen LogP contribution is 2.18. The minimum atomic E-state index is -0.242. The predicted molar refractivity (Wildman–Crippen MR) is 77.2 cm³/mol. The first-order chi connectivity index (χ1) is 9.65. The predicted octanol–water partition coefficient (Wildman–Crippen LogP) is 2.50. The van der Waals surface area contributed by atoms with Gasteiger partial charge in [0, 0.05) is 30.6 Å². The number of hydrogen-bond donors (Lipinski definition) is 0. The molecule has 0 bridgehead atoms. The van der Waals surface area contributed by atoms with Gasteiger partial charge in [-0.15, -0.1) is 0 Å². The van der Waals surface area contributed by atoms with Crippen LogP contribution in [0, 0.1) is 0 Å². The number of nitrogens with zero attached hydrogens (tertiary/aromatic N) is 1. The van der Waals surface area contributed by atoms with Crippen molar-refractivity contribution in [3.63, 3.8) is 0 Å². The molecule has 1 aromatic rings. The molecule has 4 nitrogen and oxygen atoms in total. The third-order valence-corrected chi connectivity index (χ3v) is 3.42. The van der Waals surface area contributed by atoms with Crippen LogP contribution in [0.4, 0.5) is 0 Å². The molecule has 1 fully saturated rings. The van der Waals surface area contributed by atoms with Crippen molar-refractivity contribution >= 4 is 18.0 Å². The van der Waals surface area contributed by atoms with Crippen molar-refractivity contribution in [1.82, 2.24) is 4.90 Å². The Morgan fingerprint density at radius 1 is 1.25 bits per heavy atom. The topological polar surface area (TPSA) is 46.6 Å². The van der Waals surface area contributed by atoms with E-state index in [0.717, 1.165) is 5.56 Å². The molecule has 0 aromatic heterocycles. The van der Waals surface area contributed by atoms with Crippen molar-refractivity contribution < 1.29 is 14.3 Å². The number of carbonyl (C=O) groups is 2. The van der Waals surface area contributed by atoms with Gasteiger partial charge >= 0.3 is 5.97 Å². The van der Waals surface area contributed by atoms with E-state index < -0.39 is 0 Å². The molecule has 0 unspecified atom stereocenters. The van der Waals surface area contributed by atoms with Crippen LogP contribution in [-0.4, -0.2) is 36.5 Å². The van der Waals surface area contributed by atoms with Crippen molar-refractivity contribution in [3.8, 4) is 0 Å². The summed E-state index contributed by atoms with van der Waals surface area (Å²) < 4.78 is 4.89. The van der Waals surface area contributed by atoms with E-state index in [1.54, 1.807) is 17.0 Å². The Balaban J connectivity index is 2.14. The standard InChI is InChI=1S/C16H19NO3/c1-3-17(4-2)15(18)13-7-5-12(6-8-13)11-14-9-10-20-16(14)19/h5-8,11H,3-4,9-10H2,1-2H3/b14-11+. The van der Waals surface area contributed by atoms with Crippen LogP contribution in [0.1, 0.15) is 36.2 Å². The van der Waals surface area contributed by atoms with Gasteiger partial charge in [-0.05, 0) is 37.6 Å². The van der Waals surface area contributed by atoms with Crippen LogP contribution in [0.15, 0.2) is 29.8 Å². The van der Waals surface area contributed by atoms with Crippen LogP contribution in [0.25, 0.3) is 6.08 Å². The minimum absolute atomic E-state index is 0.0366. The van der Waals surface area contributed by atoms with E-state index in [2.05, 4.69) is 0 Å². The zero-order valence-corrected chi connectivity index (χ0v) is 11.9. The molecule has 0 spiro atoms. The first-order valence-electron chi connectivity index (χ1n) is 6.92. The molecule has 1 heterocycles. The summed E-state index contributed by atoms with van der Waals surface area (Å²) in [6.07, 6.45) is 2.47. The average molecular weight is 273 g/mol. The smallest absolute Gasteiger partial charge is 0.334 e. The number of amides is 1. The number of hydrogen-bond acceptors (Lipinski definition) is 3. The molecule has 1 aromatic carbocycles. The molecule has 1 saturated heterocycles. The molecule has 1 aliphatic heterocycles. The number of ether oxygens (including phenoxy) is 1. The third kappa shape index (κ3) is 3.07. The van der Waals surface area contributed by atoms with E-state index >= 15 is 0 Å². The SMILES string of the molecule is CCN(CC)C(=O)c1ccc(/C=C2\CCOC2=O)cc1. The van der Waals surface area contributed by atoms with Crippen LogP contribution in [0.2, 0.25) is 0 Å². The van der Waals surface area contributed by atoms with Gasteiger partial charge in [0.25, 0.3) is 5.91 Å². The zero-order chi connectivity index (χ0) is 14.5. The number of cyclic esters (lactones) is 1. The molecular weight excluding hydrogens is 254 g/mol. The highest BCUT2D eigenvalue weighted by Gasteiger charge is 2.18. The Hall–Kier alpha value is -2.10. The Bertz CT molecular complexity index is 527. The molecule has 0 N–H and O–H groups in total. The number of rotatable bonds is 4. The summed E-state index contributed by atoms with van der Waals surface area (Å²) >= 11 is 0. The summed E-state index contributed by atoms with van der Waals surface area (Å²) in [5.74, 6) is -0.206. The molecule has 1 amide bonds. The number of carbonyl (C=O) groups excluding carboxylic acids is 2. The van der Waals surface area contributed by atoms with Crippen LogP contribution < -0.4 is 0 Å². The lowest BCUT2D eigenvalue weighted by molar-refractivity contribution is -0.134. The van der Waals surface area contributed by atoms with Crippen LogP contribution in [0.3, 0.4) is 0 Å². The van der Waals surface area contributed by atoms with Crippen molar-refractivity contribution in [2.45, 2.75) is 20.3 Å². The molecule has 20 heavy (non-hydrogen) atoms. The molecule has 0 atom stereocenters. The maximum absolute atomic E-state index is 12.2. The number of benzene rings is 1. The summed E-state index contributed by atoms with van der Waals surface area (Å²) in [4.78, 5) is 25.3. The van der Waals surface area contributed by atoms with Gasteiger partial charge in [-0.1, -0.05) is 12.1 Å². The van der Waals surface area contributed by atoms with Gasteiger partial charge in [-0.25, -0.2) is 4.79 Å². The monoisotopic (exact) mass is 273 g/mol. The quantitative estimate of drug-likeness (QED) is 0.625. The molecular formula is C16H19NO3. The Kier molecular flexibility index (Phi) is 4.56. The average Bonchev–Trinajstić information content (AvgIpc) is 2.86. The summed E-state index contributed by atoms with van der Waals surface area (Å²) in [7, 11) is 0. The lowest BCUT2D eigenvalue weighted by atomic mass is 10.1. The Morgan fingerprint density at radius 2 is 1.90 bits per heavy atom. The summed E-state index contributed by atoms with van der Waals surface area (Å²) in [5.41, 5.74) is 2.27. The van der Waals surface area contributed by atoms with E-state index in [0.29, 0.717) is 37.3 Å². The fourth-order valence-corrected chi connectivity index (χ4v) is 2.20. The van der Waals surface area contributed by atoms with Crippen LogP contribution in [-0.2, 0) is 9.53 Å². The van der Waals surface area contributed by atoms with Crippen molar-refractivity contribution in [1.29, 1.82) is 0 Å². The zero-order valence-electron chi connectivity index (χ0n) is 11.9. The van der Waals surface area contributed by atoms with Crippen molar-refractivity contribution in [2.75, 3.05) is 19.7 Å². The molecule has 0 radical (unpaired) electrons. The van der Waals surface area contributed by atoms with E-state index in [1.807, 2.05) is 32.1 Å². The van der Waals surface area contributed by atoms with Gasteiger partial charge in [0.15, 0.2) is 0 Å². The van der Waals surface area contributed by atoms with E-state index in [1.165, 1.54) is 0 Å². The van der Waals surface area contributed by atoms with Gasteiger partial charge in [0.05, 0.1) is 6.61 Å². The van der Waals surface area contributed by atoms with Gasteiger partial charge in [-0.2, -0.15) is 0 Å². The fraction of sp³-hybridized carbons (Fsp3) is 0.375. The second-order valence-corrected chi connectivity index (χ2v) is 4.65. The van der Waals surface area contributed by atoms with Crippen LogP contribution >= 0.6 is 0 Å². The maximum atomic E-state index is 12.2. The Labute approximate surface area is 119 Å². The highest BCUT2D eigenvalue weighted by atomic mass is 16.5. The fourth-order valence-electron chi connectivity index (χ4n) is 2.20. The van der Waals surface area contributed by atoms with E-state index in [4.69, 9.17) is 4.74 Å². The number of esters is 1. The van der Waals surface area contributed by atoms with Gasteiger partial charge in [0.2, 0.25) is 0 Å². The second-order valence-electron chi connectivity index (χ2n) is 4.65. The molecule has 106 valence electrons. The normalized spacial score (nSPS) is 16.3. The van der Waals surface area contributed by atoms with Gasteiger partial charge in [0.1, 0.15) is 0 Å². The van der Waals surface area contributed by atoms with Crippen molar-refractivity contribution in [2.24, 2.45) is 0 Å². The first-order valence-corrected chi connectivity index (χ1v) is 6.92. The van der Waals surface area contributed by atoms with E-state index in [-0.39, 0.29) is 11.9 Å². The Morgan fingerprint density at radius 3 is 2.40 bits per heavy atom. The lowest BCUT2D eigenvalue weighted by Gasteiger charge is -2.18. The summed E-state index contributed by atoms with van der Waals surface area (Å²) in [6, 6.07) is 7.31. The van der Waals surface area contributed by atoms with Crippen molar-refractivity contribution in [3.05, 3.63) is 41.0 Å². The summed E-state index contributed by atoms with van der Waals surface area (Å²) in [5, 5.41) is 0. The van der Waals surface area contributed by atoms with Gasteiger partial charge in [-0.3, -0.25) is 4.79 Å². The summed E-state index contributed by atoms with van der Waals surface area (Å²) in [6.45, 7) is 5.79. The lowest BCUT2D eigenvalue weighted by Crippen LogP contribution is -2.30. The molecule has 0 saturated carbocycles. The highest BCUT2D eigenvalue weighted by molar-refractivity contribution is 5.96. The molecule has 1 aliphatic rings. The van der Waals surface area contributed by atoms with Crippen LogP contribution in [0.5, 0.6) is 0 Å². The molecule has 0 aliphatic carbocycles. The molecule has 2 rings (SSSR count). The third-order valence-electron chi connectivity index (χ3n) is 3.42. The van der Waals surface area contributed by atoms with E-state index in [9.17, 15) is 9.59 Å². The maximum Gasteiger partial charge on any atom is 0.334 e. The molecule has 4 heteroatoms. The van der Waals surface area contributed by atoms with Gasteiger partial charge < -0.3 is 9.64 Å².